The summed E-state index contributed by atoms with van der Waals surface area (Å²) in [5.41, 5.74) is 17.3. The normalized spacial score (nSPS) is 12.8. The van der Waals surface area contributed by atoms with Gasteiger partial charge < -0.3 is 4.90 Å². The van der Waals surface area contributed by atoms with Crippen molar-refractivity contribution in [1.29, 1.82) is 0 Å². The molecular weight excluding hydrogens is 763 g/mol. The summed E-state index contributed by atoms with van der Waals surface area (Å²) in [5.74, 6) is 0. The predicted molar refractivity (Wildman–Crippen MR) is 270 cm³/mol. The van der Waals surface area contributed by atoms with Gasteiger partial charge in [0.1, 0.15) is 0 Å². The average Bonchev–Trinajstić information content (AvgIpc) is 3.66. The molecule has 0 fully saturated rings. The van der Waals surface area contributed by atoms with Gasteiger partial charge in [-0.3, -0.25) is 0 Å². The SMILES string of the molecule is CC.CC.CC.CC.CC.CC.CCN1CCCc2ccccc21.[Ar].c1ccc2c(c1)CCCC2.c1ccc2c(c1)Cc1ccccc1C21c2ccccc2-c2ccccc21. The smallest absolute Gasteiger partial charge is 0.0719 e. The van der Waals surface area contributed by atoms with Crippen LogP contribution in [0.2, 0.25) is 0 Å². The third kappa shape index (κ3) is 13.0. The van der Waals surface area contributed by atoms with Crippen molar-refractivity contribution in [1.82, 2.24) is 0 Å². The van der Waals surface area contributed by atoms with E-state index >= 15 is 0 Å². The van der Waals surface area contributed by atoms with Crippen LogP contribution in [0.1, 0.15) is 159 Å². The number of nitrogens with zero attached hydrogens (tertiary/aromatic N) is 1. The fraction of sp³-hybridized carbons (Fsp3) is 0.390. The molecule has 0 saturated heterocycles. The van der Waals surface area contributed by atoms with Crippen LogP contribution in [0.3, 0.4) is 0 Å². The Hall–Kier alpha value is -3.62. The molecule has 0 unspecified atom stereocenters. The summed E-state index contributed by atoms with van der Waals surface area (Å²) in [5, 5.41) is 0. The van der Waals surface area contributed by atoms with Gasteiger partial charge in [-0.2, -0.15) is 0 Å². The first kappa shape index (κ1) is 55.4. The minimum absolute atomic E-state index is 0. The van der Waals surface area contributed by atoms with Gasteiger partial charge in [0, 0.05) is 56.5 Å². The standard InChI is InChI=1S/C26H18.C11H15N.C10H12.6C2H6.Ar/c1-5-13-22-18(9-1)17-19-10-2-6-14-23(19)26(22)24-15-7-3-11-20(24)21-12-4-8-16-25(21)26;1-2-12-9-5-7-10-6-3-4-8-11(10)12;1-2-6-10-8-4-3-7-9(10)5-1;6*1-2;/h1-16H,17H2;3-4,6,8H,2,5,7,9H2,1H3;1-2,5-6H,3-4,7-8H2;6*1-2H3;. The van der Waals surface area contributed by atoms with E-state index in [9.17, 15) is 0 Å². The number of anilines is 1. The van der Waals surface area contributed by atoms with Gasteiger partial charge in [0.15, 0.2) is 0 Å². The summed E-state index contributed by atoms with van der Waals surface area (Å²) in [6.07, 6.45) is 8.95. The Morgan fingerprint density at radius 3 is 1.13 bits per heavy atom. The molecule has 0 N–H and O–H groups in total. The van der Waals surface area contributed by atoms with E-state index in [1.54, 1.807) is 11.1 Å². The fourth-order valence-corrected chi connectivity index (χ4v) is 8.86. The summed E-state index contributed by atoms with van der Waals surface area (Å²) in [4.78, 5) is 2.46. The van der Waals surface area contributed by atoms with Crippen LogP contribution >= 0.6 is 0 Å². The number of rotatable bonds is 1. The zero-order valence-electron chi connectivity index (χ0n) is 40.5. The van der Waals surface area contributed by atoms with Crippen molar-refractivity contribution in [2.24, 2.45) is 0 Å². The van der Waals surface area contributed by atoms with Gasteiger partial charge in [-0.1, -0.05) is 223 Å². The topological polar surface area (TPSA) is 3.24 Å². The van der Waals surface area contributed by atoms with Crippen molar-refractivity contribution in [2.75, 3.05) is 18.0 Å². The second-order valence-corrected chi connectivity index (χ2v) is 13.6. The van der Waals surface area contributed by atoms with E-state index in [4.69, 9.17) is 0 Å². The third-order valence-corrected chi connectivity index (χ3v) is 11.0. The molecule has 330 valence electrons. The summed E-state index contributed by atoms with van der Waals surface area (Å²) < 4.78 is 0. The summed E-state index contributed by atoms with van der Waals surface area (Å²) in [6.45, 7) is 28.6. The van der Waals surface area contributed by atoms with Gasteiger partial charge in [0.25, 0.3) is 0 Å². The zero-order valence-corrected chi connectivity index (χ0v) is 41.2. The van der Waals surface area contributed by atoms with Gasteiger partial charge in [0.05, 0.1) is 5.41 Å². The van der Waals surface area contributed by atoms with Crippen LogP contribution in [-0.4, -0.2) is 13.1 Å². The molecule has 61 heavy (non-hydrogen) atoms. The molecular formula is C59H81ArN. The van der Waals surface area contributed by atoms with E-state index in [2.05, 4.69) is 157 Å². The summed E-state index contributed by atoms with van der Waals surface area (Å²) in [6, 6.07) is 53.5. The van der Waals surface area contributed by atoms with Crippen LogP contribution < -0.4 is 4.90 Å². The van der Waals surface area contributed by atoms with Gasteiger partial charge in [0.2, 0.25) is 0 Å². The second-order valence-electron chi connectivity index (χ2n) is 13.6. The molecule has 10 rings (SSSR count). The van der Waals surface area contributed by atoms with Crippen LogP contribution in [0.5, 0.6) is 0 Å². The molecule has 2 heteroatoms. The number of para-hydroxylation sites is 1. The molecule has 0 amide bonds. The van der Waals surface area contributed by atoms with Gasteiger partial charge in [-0.15, -0.1) is 0 Å². The molecule has 1 nitrogen and oxygen atoms in total. The van der Waals surface area contributed by atoms with E-state index in [1.165, 1.54) is 101 Å². The number of hydrogen-bond donors (Lipinski definition) is 0. The largest absolute Gasteiger partial charge is 0.372 e. The Morgan fingerprint density at radius 2 is 0.705 bits per heavy atom. The maximum atomic E-state index is 2.46. The molecule has 0 atom stereocenters. The Labute approximate surface area is 405 Å². The van der Waals surface area contributed by atoms with Gasteiger partial charge in [-0.25, -0.2) is 0 Å². The average molecular weight is 844 g/mol. The zero-order chi connectivity index (χ0) is 44.3. The first-order valence-corrected chi connectivity index (χ1v) is 24.0. The van der Waals surface area contributed by atoms with E-state index in [0.29, 0.717) is 0 Å². The Kier molecular flexibility index (Phi) is 28.4. The molecule has 0 radical (unpaired) electrons. The third-order valence-electron chi connectivity index (χ3n) is 11.0. The van der Waals surface area contributed by atoms with Crippen LogP contribution in [0.25, 0.3) is 11.1 Å². The molecule has 1 heterocycles. The number of benzene rings is 6. The van der Waals surface area contributed by atoms with Crippen LogP contribution in [0, 0.1) is 37.7 Å². The minimum Gasteiger partial charge on any atom is -0.372 e. The minimum atomic E-state index is -0.196. The van der Waals surface area contributed by atoms with Gasteiger partial charge >= 0.3 is 0 Å². The quantitative estimate of drug-likeness (QED) is 0.159. The van der Waals surface area contributed by atoms with Crippen molar-refractivity contribution in [2.45, 2.75) is 140 Å². The van der Waals surface area contributed by atoms with Crippen molar-refractivity contribution >= 4 is 5.69 Å². The monoisotopic (exact) mass is 844 g/mol. The van der Waals surface area contributed by atoms with E-state index in [0.717, 1.165) is 13.0 Å². The first-order chi connectivity index (χ1) is 29.8. The van der Waals surface area contributed by atoms with E-state index in [-0.39, 0.29) is 43.2 Å². The summed E-state index contributed by atoms with van der Waals surface area (Å²) in [7, 11) is 0. The first-order valence-electron chi connectivity index (χ1n) is 24.0. The Balaban J connectivity index is 0.000000448. The molecule has 6 aromatic rings. The second kappa shape index (κ2) is 31.3. The molecule has 0 bridgehead atoms. The van der Waals surface area contributed by atoms with Crippen LogP contribution in [0.15, 0.2) is 146 Å². The molecule has 0 aromatic heterocycles. The molecule has 3 aliphatic carbocycles. The maximum Gasteiger partial charge on any atom is 0.0719 e. The van der Waals surface area contributed by atoms with Crippen molar-refractivity contribution in [3.8, 4) is 11.1 Å². The summed E-state index contributed by atoms with van der Waals surface area (Å²) >= 11 is 0. The predicted octanol–water partition coefficient (Wildman–Crippen LogP) is 17.1. The molecule has 1 aliphatic heterocycles. The van der Waals surface area contributed by atoms with Crippen molar-refractivity contribution in [3.63, 3.8) is 0 Å². The van der Waals surface area contributed by atoms with Gasteiger partial charge in [-0.05, 0) is 119 Å². The number of aryl methyl sites for hydroxylation is 3. The Morgan fingerprint density at radius 1 is 0.377 bits per heavy atom. The van der Waals surface area contributed by atoms with Crippen molar-refractivity contribution < 1.29 is 37.7 Å². The fourth-order valence-electron chi connectivity index (χ4n) is 8.86. The van der Waals surface area contributed by atoms with Crippen LogP contribution in [0.4, 0.5) is 5.69 Å². The van der Waals surface area contributed by atoms with E-state index < -0.39 is 0 Å². The molecule has 1 spiro atoms. The maximum absolute atomic E-state index is 2.46. The number of hydrogen-bond acceptors (Lipinski definition) is 1. The number of fused-ring (bicyclic) bond motifs is 11. The van der Waals surface area contributed by atoms with Crippen LogP contribution in [-0.2, 0) is 31.1 Å². The van der Waals surface area contributed by atoms with Crippen molar-refractivity contribution in [3.05, 3.63) is 196 Å². The molecule has 4 aliphatic rings. The molecule has 0 saturated carbocycles. The van der Waals surface area contributed by atoms with E-state index in [1.807, 2.05) is 83.1 Å². The molecule has 6 aromatic carbocycles. The Bertz CT molecular complexity index is 1940.